The Balaban J connectivity index is 2.77. The van der Waals surface area contributed by atoms with E-state index in [0.717, 1.165) is 17.6 Å². The molecule has 0 aromatic heterocycles. The number of hydrogen-bond donors (Lipinski definition) is 1. The van der Waals surface area contributed by atoms with Crippen molar-refractivity contribution in [2.24, 2.45) is 5.73 Å². The van der Waals surface area contributed by atoms with Gasteiger partial charge in [-0.25, -0.2) is 4.39 Å². The molecular formula is C13H20BrFN2. The molecule has 0 unspecified atom stereocenters. The minimum absolute atomic E-state index is 0.165. The average Bonchev–Trinajstić information content (AvgIpc) is 2.20. The zero-order valence-corrected chi connectivity index (χ0v) is 12.2. The fraction of sp³-hybridized carbons (Fsp3) is 0.538. The van der Waals surface area contributed by atoms with Crippen LogP contribution < -0.4 is 5.73 Å². The van der Waals surface area contributed by atoms with Crippen molar-refractivity contribution in [3.05, 3.63) is 34.1 Å². The van der Waals surface area contributed by atoms with E-state index in [4.69, 9.17) is 5.73 Å². The van der Waals surface area contributed by atoms with E-state index in [0.29, 0.717) is 12.1 Å². The minimum atomic E-state index is -0.265. The van der Waals surface area contributed by atoms with Crippen molar-refractivity contribution in [2.75, 3.05) is 13.1 Å². The second kappa shape index (κ2) is 5.94. The van der Waals surface area contributed by atoms with Crippen molar-refractivity contribution in [3.63, 3.8) is 0 Å². The highest BCUT2D eigenvalue weighted by atomic mass is 79.9. The molecule has 0 radical (unpaired) electrons. The summed E-state index contributed by atoms with van der Waals surface area (Å²) in [6.45, 7) is 8.20. The van der Waals surface area contributed by atoms with Crippen LogP contribution >= 0.6 is 15.9 Å². The van der Waals surface area contributed by atoms with Crippen molar-refractivity contribution < 1.29 is 4.39 Å². The molecule has 0 aliphatic heterocycles. The van der Waals surface area contributed by atoms with Gasteiger partial charge in [-0.2, -0.15) is 0 Å². The molecule has 4 heteroatoms. The standard InChI is InChI=1S/C13H20BrFN2/c1-4-17(9-13(2,3)16)8-10-7-11(14)5-6-12(10)15/h5-7H,4,8-9,16H2,1-3H3. The Bertz CT molecular complexity index is 374. The molecule has 0 saturated carbocycles. The number of benzene rings is 1. The molecule has 0 aliphatic rings. The second-order valence-corrected chi connectivity index (χ2v) is 5.94. The van der Waals surface area contributed by atoms with Crippen LogP contribution in [-0.4, -0.2) is 23.5 Å². The summed E-state index contributed by atoms with van der Waals surface area (Å²) in [5.41, 5.74) is 6.42. The van der Waals surface area contributed by atoms with Gasteiger partial charge in [-0.15, -0.1) is 0 Å². The van der Waals surface area contributed by atoms with E-state index in [9.17, 15) is 4.39 Å². The van der Waals surface area contributed by atoms with Crippen LogP contribution in [0, 0.1) is 5.82 Å². The maximum absolute atomic E-state index is 13.6. The SMILES string of the molecule is CCN(Cc1cc(Br)ccc1F)CC(C)(C)N. The van der Waals surface area contributed by atoms with E-state index < -0.39 is 0 Å². The fourth-order valence-corrected chi connectivity index (χ4v) is 2.17. The second-order valence-electron chi connectivity index (χ2n) is 5.03. The van der Waals surface area contributed by atoms with Gasteiger partial charge in [0, 0.05) is 28.7 Å². The maximum atomic E-state index is 13.6. The fourth-order valence-electron chi connectivity index (χ4n) is 1.76. The molecule has 0 spiro atoms. The van der Waals surface area contributed by atoms with Gasteiger partial charge in [0.15, 0.2) is 0 Å². The molecule has 17 heavy (non-hydrogen) atoms. The summed E-state index contributed by atoms with van der Waals surface area (Å²) < 4.78 is 14.5. The molecule has 0 atom stereocenters. The number of likely N-dealkylation sites (N-methyl/N-ethyl adjacent to an activating group) is 1. The van der Waals surface area contributed by atoms with E-state index in [2.05, 4.69) is 27.8 Å². The molecule has 0 aliphatic carbocycles. The molecule has 0 fully saturated rings. The summed E-state index contributed by atoms with van der Waals surface area (Å²) in [7, 11) is 0. The first-order chi connectivity index (χ1) is 7.81. The molecule has 2 nitrogen and oxygen atoms in total. The van der Waals surface area contributed by atoms with E-state index in [-0.39, 0.29) is 11.4 Å². The van der Waals surface area contributed by atoms with Crippen molar-refractivity contribution >= 4 is 15.9 Å². The summed E-state index contributed by atoms with van der Waals surface area (Å²) in [6.07, 6.45) is 0. The Morgan fingerprint density at radius 2 is 2.06 bits per heavy atom. The lowest BCUT2D eigenvalue weighted by molar-refractivity contribution is 0.225. The predicted molar refractivity (Wildman–Crippen MR) is 73.3 cm³/mol. The van der Waals surface area contributed by atoms with Crippen molar-refractivity contribution in [2.45, 2.75) is 32.9 Å². The van der Waals surface area contributed by atoms with Crippen molar-refractivity contribution in [1.82, 2.24) is 4.90 Å². The number of rotatable bonds is 5. The first-order valence-corrected chi connectivity index (χ1v) is 6.56. The molecule has 2 N–H and O–H groups in total. The summed E-state index contributed by atoms with van der Waals surface area (Å²) in [4.78, 5) is 2.14. The average molecular weight is 303 g/mol. The minimum Gasteiger partial charge on any atom is -0.324 e. The van der Waals surface area contributed by atoms with E-state index >= 15 is 0 Å². The number of halogens is 2. The Labute approximate surface area is 111 Å². The van der Waals surface area contributed by atoms with Crippen LogP contribution in [0.4, 0.5) is 4.39 Å². The lowest BCUT2D eigenvalue weighted by atomic mass is 10.1. The smallest absolute Gasteiger partial charge is 0.127 e. The van der Waals surface area contributed by atoms with Crippen LogP contribution in [0.2, 0.25) is 0 Å². The van der Waals surface area contributed by atoms with E-state index in [1.165, 1.54) is 6.07 Å². The number of nitrogens with zero attached hydrogens (tertiary/aromatic N) is 1. The first-order valence-electron chi connectivity index (χ1n) is 5.77. The topological polar surface area (TPSA) is 29.3 Å². The van der Waals surface area contributed by atoms with Gasteiger partial charge in [0.2, 0.25) is 0 Å². The predicted octanol–water partition coefficient (Wildman–Crippen LogP) is 3.15. The largest absolute Gasteiger partial charge is 0.324 e. The van der Waals surface area contributed by atoms with Gasteiger partial charge in [-0.05, 0) is 38.6 Å². The maximum Gasteiger partial charge on any atom is 0.127 e. The molecule has 1 aromatic carbocycles. The van der Waals surface area contributed by atoms with Gasteiger partial charge in [0.25, 0.3) is 0 Å². The molecule has 1 rings (SSSR count). The molecule has 0 heterocycles. The van der Waals surface area contributed by atoms with Crippen LogP contribution in [0.3, 0.4) is 0 Å². The summed E-state index contributed by atoms with van der Waals surface area (Å²) in [5, 5.41) is 0. The van der Waals surface area contributed by atoms with Crippen LogP contribution in [0.15, 0.2) is 22.7 Å². The van der Waals surface area contributed by atoms with Gasteiger partial charge in [-0.3, -0.25) is 4.90 Å². The van der Waals surface area contributed by atoms with Crippen molar-refractivity contribution in [3.8, 4) is 0 Å². The third-order valence-electron chi connectivity index (χ3n) is 2.48. The van der Waals surface area contributed by atoms with Crippen molar-refractivity contribution in [1.29, 1.82) is 0 Å². The van der Waals surface area contributed by atoms with Crippen LogP contribution in [0.25, 0.3) is 0 Å². The van der Waals surface area contributed by atoms with E-state index in [1.807, 2.05) is 19.9 Å². The molecule has 0 amide bonds. The third kappa shape index (κ3) is 5.15. The zero-order valence-electron chi connectivity index (χ0n) is 10.6. The van der Waals surface area contributed by atoms with Crippen LogP contribution in [0.1, 0.15) is 26.3 Å². The summed E-state index contributed by atoms with van der Waals surface area (Å²) in [6, 6.07) is 5.02. The van der Waals surface area contributed by atoms with E-state index in [1.54, 1.807) is 6.07 Å². The Hall–Kier alpha value is -0.450. The van der Waals surface area contributed by atoms with Crippen LogP contribution in [-0.2, 0) is 6.54 Å². The number of nitrogens with two attached hydrogens (primary N) is 1. The lowest BCUT2D eigenvalue weighted by Gasteiger charge is -2.29. The monoisotopic (exact) mass is 302 g/mol. The molecule has 0 bridgehead atoms. The van der Waals surface area contributed by atoms with Gasteiger partial charge in [-0.1, -0.05) is 22.9 Å². The van der Waals surface area contributed by atoms with Gasteiger partial charge in [0.1, 0.15) is 5.82 Å². The normalized spacial score (nSPS) is 12.2. The summed E-state index contributed by atoms with van der Waals surface area (Å²) >= 11 is 3.36. The first kappa shape index (κ1) is 14.6. The Kier molecular flexibility index (Phi) is 5.10. The summed E-state index contributed by atoms with van der Waals surface area (Å²) in [5.74, 6) is -0.165. The highest BCUT2D eigenvalue weighted by molar-refractivity contribution is 9.10. The Morgan fingerprint density at radius 3 is 2.59 bits per heavy atom. The highest BCUT2D eigenvalue weighted by Gasteiger charge is 2.17. The Morgan fingerprint density at radius 1 is 1.41 bits per heavy atom. The van der Waals surface area contributed by atoms with Crippen LogP contribution in [0.5, 0.6) is 0 Å². The number of hydrogen-bond acceptors (Lipinski definition) is 2. The third-order valence-corrected chi connectivity index (χ3v) is 2.97. The zero-order chi connectivity index (χ0) is 13.1. The molecule has 0 saturated heterocycles. The molecular weight excluding hydrogens is 283 g/mol. The highest BCUT2D eigenvalue weighted by Crippen LogP contribution is 2.17. The molecule has 96 valence electrons. The van der Waals surface area contributed by atoms with Gasteiger partial charge < -0.3 is 5.73 Å². The van der Waals surface area contributed by atoms with Gasteiger partial charge >= 0.3 is 0 Å². The lowest BCUT2D eigenvalue weighted by Crippen LogP contribution is -2.45. The van der Waals surface area contributed by atoms with Gasteiger partial charge in [0.05, 0.1) is 0 Å². The quantitative estimate of drug-likeness (QED) is 0.905. The molecule has 1 aromatic rings.